The number of nitrogens with two attached hydrogens (primary N) is 1. The summed E-state index contributed by atoms with van der Waals surface area (Å²) in [5.41, 5.74) is 6.95. The zero-order valence-electron chi connectivity index (χ0n) is 10.5. The molecule has 21 heavy (non-hydrogen) atoms. The van der Waals surface area contributed by atoms with Gasteiger partial charge in [0.1, 0.15) is 9.79 Å². The fourth-order valence-electron chi connectivity index (χ4n) is 1.78. The summed E-state index contributed by atoms with van der Waals surface area (Å²) < 4.78 is 63.0. The molecule has 0 aliphatic carbocycles. The zero-order valence-corrected chi connectivity index (χ0v) is 12.1. The first-order chi connectivity index (χ1) is 9.59. The molecular formula is C12H11NO6S2. The Hall–Kier alpha value is -1.94. The molecule has 2 aromatic carbocycles. The number of nitrogen functional groups attached to an aromatic ring is 1. The van der Waals surface area contributed by atoms with Gasteiger partial charge in [-0.05, 0) is 35.4 Å². The minimum Gasteiger partial charge on any atom is -0.399 e. The Bertz CT molecular complexity index is 886. The molecule has 0 aromatic heterocycles. The van der Waals surface area contributed by atoms with Crippen molar-refractivity contribution in [3.63, 3.8) is 0 Å². The highest BCUT2D eigenvalue weighted by Crippen LogP contribution is 2.28. The van der Waals surface area contributed by atoms with Crippen LogP contribution >= 0.6 is 0 Å². The van der Waals surface area contributed by atoms with Gasteiger partial charge in [-0.15, -0.1) is 0 Å². The average Bonchev–Trinajstić information content (AvgIpc) is 2.37. The van der Waals surface area contributed by atoms with Gasteiger partial charge >= 0.3 is 0 Å². The molecule has 0 atom stereocenters. The van der Waals surface area contributed by atoms with E-state index in [2.05, 4.69) is 0 Å². The lowest BCUT2D eigenvalue weighted by Gasteiger charge is -2.08. The number of hydrogen-bond acceptors (Lipinski definition) is 5. The predicted octanol–water partition coefficient (Wildman–Crippen LogP) is 1.43. The zero-order chi connectivity index (χ0) is 15.8. The van der Waals surface area contributed by atoms with Crippen LogP contribution in [0.5, 0.6) is 0 Å². The normalized spacial score (nSPS) is 12.3. The summed E-state index contributed by atoms with van der Waals surface area (Å²) in [6, 6.07) is 9.55. The lowest BCUT2D eigenvalue weighted by molar-refractivity contribution is 0.466. The molecule has 0 saturated heterocycles. The van der Waals surface area contributed by atoms with Gasteiger partial charge in [-0.1, -0.05) is 18.2 Å². The van der Waals surface area contributed by atoms with Crippen LogP contribution in [0.2, 0.25) is 0 Å². The van der Waals surface area contributed by atoms with E-state index in [1.54, 1.807) is 24.3 Å². The highest BCUT2D eigenvalue weighted by atomic mass is 32.2. The molecule has 0 spiro atoms. The topological polar surface area (TPSA) is 135 Å². The van der Waals surface area contributed by atoms with Crippen LogP contribution in [0.1, 0.15) is 0 Å². The van der Waals surface area contributed by atoms with Crippen molar-refractivity contribution in [2.24, 2.45) is 0 Å². The third kappa shape index (κ3) is 3.39. The van der Waals surface area contributed by atoms with Crippen molar-refractivity contribution in [1.29, 1.82) is 0 Å². The van der Waals surface area contributed by atoms with Crippen LogP contribution < -0.4 is 5.73 Å². The quantitative estimate of drug-likeness (QED) is 0.572. The van der Waals surface area contributed by atoms with Gasteiger partial charge in [0, 0.05) is 5.69 Å². The van der Waals surface area contributed by atoms with Crippen LogP contribution in [0.15, 0.2) is 52.3 Å². The maximum Gasteiger partial charge on any atom is 0.295 e. The van der Waals surface area contributed by atoms with E-state index in [1.165, 1.54) is 6.07 Å². The van der Waals surface area contributed by atoms with Crippen molar-refractivity contribution < 1.29 is 25.9 Å². The summed E-state index contributed by atoms with van der Waals surface area (Å²) in [6.07, 6.45) is 0. The summed E-state index contributed by atoms with van der Waals surface area (Å²) in [7, 11) is -9.60. The largest absolute Gasteiger partial charge is 0.399 e. The number of rotatable bonds is 3. The van der Waals surface area contributed by atoms with Crippen molar-refractivity contribution in [3.8, 4) is 11.1 Å². The first-order valence-corrected chi connectivity index (χ1v) is 8.42. The highest BCUT2D eigenvalue weighted by molar-refractivity contribution is 7.89. The van der Waals surface area contributed by atoms with Crippen LogP contribution in [0, 0.1) is 0 Å². The Balaban J connectivity index is 2.71. The molecule has 7 nitrogen and oxygen atoms in total. The van der Waals surface area contributed by atoms with Gasteiger partial charge in [0.25, 0.3) is 20.2 Å². The summed E-state index contributed by atoms with van der Waals surface area (Å²) >= 11 is 0. The van der Waals surface area contributed by atoms with Crippen LogP contribution in [0.4, 0.5) is 5.69 Å². The summed E-state index contributed by atoms with van der Waals surface area (Å²) in [4.78, 5) is -1.77. The number of benzene rings is 2. The fourth-order valence-corrected chi connectivity index (χ4v) is 3.56. The minimum atomic E-state index is -4.82. The second kappa shape index (κ2) is 5.11. The smallest absolute Gasteiger partial charge is 0.295 e. The van der Waals surface area contributed by atoms with Crippen molar-refractivity contribution >= 4 is 25.9 Å². The Labute approximate surface area is 121 Å². The number of hydrogen-bond donors (Lipinski definition) is 3. The Kier molecular flexibility index (Phi) is 3.76. The summed E-state index contributed by atoms with van der Waals surface area (Å²) in [5.74, 6) is 0. The highest BCUT2D eigenvalue weighted by Gasteiger charge is 2.24. The van der Waals surface area contributed by atoms with E-state index in [1.807, 2.05) is 0 Å². The Morgan fingerprint density at radius 1 is 0.714 bits per heavy atom. The van der Waals surface area contributed by atoms with E-state index in [-0.39, 0.29) is 0 Å². The molecular weight excluding hydrogens is 318 g/mol. The molecule has 2 rings (SSSR count). The van der Waals surface area contributed by atoms with E-state index in [9.17, 15) is 16.8 Å². The van der Waals surface area contributed by atoms with Gasteiger partial charge < -0.3 is 5.73 Å². The molecule has 0 unspecified atom stereocenters. The summed E-state index contributed by atoms with van der Waals surface area (Å²) in [5, 5.41) is 0. The molecule has 0 aliphatic heterocycles. The van der Waals surface area contributed by atoms with Gasteiger partial charge in [0.2, 0.25) is 0 Å². The average molecular weight is 329 g/mol. The Morgan fingerprint density at radius 2 is 1.19 bits per heavy atom. The third-order valence-electron chi connectivity index (χ3n) is 2.74. The standard InChI is InChI=1S/C12H11NO6S2/c13-10-4-1-8(2-5-10)9-3-6-11(20(14,15)16)12(7-9)21(17,18)19/h1-7H,13H2,(H,14,15,16)(H,17,18,19). The molecule has 0 saturated carbocycles. The lowest BCUT2D eigenvalue weighted by Crippen LogP contribution is -2.08. The van der Waals surface area contributed by atoms with Gasteiger partial charge in [0.15, 0.2) is 0 Å². The molecule has 9 heteroatoms. The molecule has 0 radical (unpaired) electrons. The maximum atomic E-state index is 11.3. The van der Waals surface area contributed by atoms with Gasteiger partial charge in [-0.2, -0.15) is 16.8 Å². The van der Waals surface area contributed by atoms with Crippen LogP contribution in [0.3, 0.4) is 0 Å². The fraction of sp³-hybridized carbons (Fsp3) is 0. The monoisotopic (exact) mass is 329 g/mol. The van der Waals surface area contributed by atoms with Gasteiger partial charge in [-0.25, -0.2) is 0 Å². The van der Waals surface area contributed by atoms with E-state index < -0.39 is 30.0 Å². The number of anilines is 1. The van der Waals surface area contributed by atoms with Crippen molar-refractivity contribution in [2.75, 3.05) is 5.73 Å². The van der Waals surface area contributed by atoms with E-state index in [0.717, 1.165) is 12.1 Å². The van der Waals surface area contributed by atoms with Crippen molar-refractivity contribution in [2.45, 2.75) is 9.79 Å². The Morgan fingerprint density at radius 3 is 1.67 bits per heavy atom. The van der Waals surface area contributed by atoms with Crippen LogP contribution in [-0.2, 0) is 20.2 Å². The second-order valence-corrected chi connectivity index (χ2v) is 7.01. The molecule has 4 N–H and O–H groups in total. The predicted molar refractivity (Wildman–Crippen MR) is 75.9 cm³/mol. The molecule has 0 amide bonds. The van der Waals surface area contributed by atoms with E-state index >= 15 is 0 Å². The van der Waals surface area contributed by atoms with Gasteiger partial charge in [0.05, 0.1) is 0 Å². The second-order valence-electron chi connectivity index (χ2n) is 4.23. The first kappa shape index (κ1) is 15.4. The molecule has 112 valence electrons. The van der Waals surface area contributed by atoms with Crippen LogP contribution in [-0.4, -0.2) is 25.9 Å². The first-order valence-electron chi connectivity index (χ1n) is 5.54. The van der Waals surface area contributed by atoms with E-state index in [0.29, 0.717) is 16.8 Å². The molecule has 0 aliphatic rings. The summed E-state index contributed by atoms with van der Waals surface area (Å²) in [6.45, 7) is 0. The molecule has 0 bridgehead atoms. The third-order valence-corrected chi connectivity index (χ3v) is 4.68. The van der Waals surface area contributed by atoms with E-state index in [4.69, 9.17) is 14.8 Å². The molecule has 2 aromatic rings. The lowest BCUT2D eigenvalue weighted by atomic mass is 10.1. The minimum absolute atomic E-state index is 0.343. The van der Waals surface area contributed by atoms with Crippen LogP contribution in [0.25, 0.3) is 11.1 Å². The van der Waals surface area contributed by atoms with Crippen molar-refractivity contribution in [1.82, 2.24) is 0 Å². The molecule has 0 fully saturated rings. The van der Waals surface area contributed by atoms with Crippen molar-refractivity contribution in [3.05, 3.63) is 42.5 Å². The molecule has 0 heterocycles. The van der Waals surface area contributed by atoms with Gasteiger partial charge in [-0.3, -0.25) is 9.11 Å². The maximum absolute atomic E-state index is 11.3. The SMILES string of the molecule is Nc1ccc(-c2ccc(S(=O)(=O)O)c(S(=O)(=O)O)c2)cc1.